The Morgan fingerprint density at radius 1 is 0.426 bits per heavy atom. The van der Waals surface area contributed by atoms with Gasteiger partial charge in [-0.05, 0) is 69.5 Å². The van der Waals surface area contributed by atoms with E-state index in [-0.39, 0.29) is 0 Å². The Balaban J connectivity index is 1.42. The van der Waals surface area contributed by atoms with Gasteiger partial charge in [0.15, 0.2) is 0 Å². The van der Waals surface area contributed by atoms with Crippen molar-refractivity contribution < 1.29 is 18.9 Å². The number of nitrogens with zero attached hydrogens (tertiary/aromatic N) is 1. The molecule has 0 N–H and O–H groups in total. The fourth-order valence-electron chi connectivity index (χ4n) is 7.26. The highest BCUT2D eigenvalue weighted by Gasteiger charge is 2.22. The largest absolute Gasteiger partial charge is 0.493 e. The lowest BCUT2D eigenvalue weighted by molar-refractivity contribution is 0.297. The van der Waals surface area contributed by atoms with Crippen LogP contribution < -0.4 is 18.9 Å². The predicted octanol–water partition coefficient (Wildman–Crippen LogP) is 11.0. The molecule has 0 amide bonds. The van der Waals surface area contributed by atoms with Gasteiger partial charge in [0.1, 0.15) is 36.2 Å². The number of rotatable bonds is 12. The maximum atomic E-state index is 10.3. The van der Waals surface area contributed by atoms with E-state index < -0.39 is 0 Å². The van der Waals surface area contributed by atoms with Gasteiger partial charge in [-0.1, -0.05) is 129 Å². The molecule has 6 aromatic carbocycles. The zero-order chi connectivity index (χ0) is 37.1. The van der Waals surface area contributed by atoms with Gasteiger partial charge in [-0.2, -0.15) is 5.26 Å². The van der Waals surface area contributed by atoms with Gasteiger partial charge >= 0.3 is 0 Å². The number of hydrogen-bond donors (Lipinski definition) is 0. The van der Waals surface area contributed by atoms with Crippen molar-refractivity contribution in [1.82, 2.24) is 0 Å². The zero-order valence-corrected chi connectivity index (χ0v) is 31.3. The third-order valence-electron chi connectivity index (χ3n) is 9.78. The normalized spacial score (nSPS) is 12.0. The maximum Gasteiger partial charge on any atom is 0.126 e. The van der Waals surface area contributed by atoms with Crippen molar-refractivity contribution in [2.24, 2.45) is 0 Å². The van der Waals surface area contributed by atoms with Crippen LogP contribution in [-0.4, -0.2) is 13.2 Å². The highest BCUT2D eigenvalue weighted by molar-refractivity contribution is 5.57. The summed E-state index contributed by atoms with van der Waals surface area (Å²) in [5, 5.41) is 10.3. The van der Waals surface area contributed by atoms with Crippen LogP contribution in [0.15, 0.2) is 127 Å². The van der Waals surface area contributed by atoms with Crippen LogP contribution in [0.3, 0.4) is 0 Å². The van der Waals surface area contributed by atoms with Gasteiger partial charge in [0, 0.05) is 36.8 Å². The summed E-state index contributed by atoms with van der Waals surface area (Å²) < 4.78 is 26.8. The molecule has 0 saturated heterocycles. The minimum atomic E-state index is 0.408. The molecule has 54 heavy (non-hydrogen) atoms. The third-order valence-corrected chi connectivity index (χ3v) is 9.78. The molecule has 0 heterocycles. The number of ether oxygens (including phenoxy) is 4. The first kappa shape index (κ1) is 36.4. The van der Waals surface area contributed by atoms with E-state index in [1.165, 1.54) is 0 Å². The highest BCUT2D eigenvalue weighted by atomic mass is 16.5. The van der Waals surface area contributed by atoms with Crippen LogP contribution in [0.25, 0.3) is 0 Å². The summed E-state index contributed by atoms with van der Waals surface area (Å²) in [4.78, 5) is 0. The van der Waals surface area contributed by atoms with Crippen LogP contribution >= 0.6 is 0 Å². The predicted molar refractivity (Wildman–Crippen MR) is 215 cm³/mol. The van der Waals surface area contributed by atoms with Crippen molar-refractivity contribution in [2.45, 2.75) is 65.6 Å². The Kier molecular flexibility index (Phi) is 11.9. The van der Waals surface area contributed by atoms with Gasteiger partial charge < -0.3 is 18.9 Å². The number of benzene rings is 6. The smallest absolute Gasteiger partial charge is 0.126 e. The number of hydrogen-bond acceptors (Lipinski definition) is 5. The molecule has 1 aliphatic carbocycles. The second-order valence-corrected chi connectivity index (χ2v) is 13.9. The Morgan fingerprint density at radius 3 is 1.11 bits per heavy atom. The fourth-order valence-corrected chi connectivity index (χ4v) is 7.26. The summed E-state index contributed by atoms with van der Waals surface area (Å²) in [6.45, 7) is 6.32. The topological polar surface area (TPSA) is 60.7 Å². The molecule has 272 valence electrons. The van der Waals surface area contributed by atoms with Crippen LogP contribution in [0, 0.1) is 11.3 Å². The SMILES string of the molecule is CCCOc1c2cccc1Cc1cc(C#N)cc(c1OCc1ccccc1)Cc1cccc(c1OCCC)Cc1cccc(c1OCc1ccccc1)C2. The third kappa shape index (κ3) is 8.62. The van der Waals surface area contributed by atoms with Crippen molar-refractivity contribution in [3.05, 3.63) is 189 Å². The van der Waals surface area contributed by atoms with Crippen LogP contribution in [0.5, 0.6) is 23.0 Å². The molecule has 0 atom stereocenters. The van der Waals surface area contributed by atoms with Gasteiger partial charge in [0.25, 0.3) is 0 Å². The van der Waals surface area contributed by atoms with Crippen LogP contribution in [-0.2, 0) is 38.9 Å². The Labute approximate surface area is 319 Å². The number of nitriles is 1. The molecule has 5 heteroatoms. The van der Waals surface area contributed by atoms with Crippen molar-refractivity contribution in [3.8, 4) is 29.1 Å². The molecule has 0 aromatic heterocycles. The lowest BCUT2D eigenvalue weighted by atomic mass is 9.90. The van der Waals surface area contributed by atoms with E-state index in [1.807, 2.05) is 48.5 Å². The van der Waals surface area contributed by atoms with E-state index in [0.29, 0.717) is 57.7 Å². The lowest BCUT2D eigenvalue weighted by Gasteiger charge is -2.23. The summed E-state index contributed by atoms with van der Waals surface area (Å²) in [7, 11) is 0. The average Bonchev–Trinajstić information content (AvgIpc) is 3.20. The van der Waals surface area contributed by atoms with E-state index in [1.54, 1.807) is 0 Å². The molecule has 7 rings (SSSR count). The molecule has 5 nitrogen and oxygen atoms in total. The first-order valence-electron chi connectivity index (χ1n) is 19.1. The number of fused-ring (bicyclic) bond motifs is 8. The first-order chi connectivity index (χ1) is 26.6. The van der Waals surface area contributed by atoms with Gasteiger partial charge in [0.2, 0.25) is 0 Å². The van der Waals surface area contributed by atoms with Crippen molar-refractivity contribution in [1.29, 1.82) is 5.26 Å². The second-order valence-electron chi connectivity index (χ2n) is 13.9. The lowest BCUT2D eigenvalue weighted by Crippen LogP contribution is -2.10. The van der Waals surface area contributed by atoms with E-state index in [9.17, 15) is 5.26 Å². The molecule has 0 spiro atoms. The van der Waals surface area contributed by atoms with Gasteiger partial charge in [-0.25, -0.2) is 0 Å². The van der Waals surface area contributed by atoms with Crippen LogP contribution in [0.1, 0.15) is 87.9 Å². The maximum absolute atomic E-state index is 10.3. The minimum Gasteiger partial charge on any atom is -0.493 e. The van der Waals surface area contributed by atoms with Crippen molar-refractivity contribution >= 4 is 0 Å². The fraction of sp³-hybridized carbons (Fsp3) is 0.245. The quantitative estimate of drug-likeness (QED) is 0.126. The molecule has 0 radical (unpaired) electrons. The molecule has 0 unspecified atom stereocenters. The second kappa shape index (κ2) is 17.7. The first-order valence-corrected chi connectivity index (χ1v) is 19.1. The van der Waals surface area contributed by atoms with E-state index in [4.69, 9.17) is 18.9 Å². The van der Waals surface area contributed by atoms with Crippen molar-refractivity contribution in [2.75, 3.05) is 13.2 Å². The summed E-state index contributed by atoms with van der Waals surface area (Å²) in [5.41, 5.74) is 11.2. The van der Waals surface area contributed by atoms with Gasteiger partial charge in [-0.3, -0.25) is 0 Å². The molecular weight excluding hydrogens is 667 g/mol. The van der Waals surface area contributed by atoms with Crippen LogP contribution in [0.2, 0.25) is 0 Å². The van der Waals surface area contributed by atoms with Crippen LogP contribution in [0.4, 0.5) is 0 Å². The highest BCUT2D eigenvalue weighted by Crippen LogP contribution is 2.40. The summed E-state index contributed by atoms with van der Waals surface area (Å²) >= 11 is 0. The minimum absolute atomic E-state index is 0.408. The molecule has 8 bridgehead atoms. The Bertz CT molecular complexity index is 2120. The van der Waals surface area contributed by atoms with E-state index in [0.717, 1.165) is 91.5 Å². The van der Waals surface area contributed by atoms with Crippen molar-refractivity contribution in [3.63, 3.8) is 0 Å². The summed E-state index contributed by atoms with van der Waals surface area (Å²) in [6.07, 6.45) is 4.10. The Morgan fingerprint density at radius 2 is 0.759 bits per heavy atom. The molecule has 1 aliphatic rings. The summed E-state index contributed by atoms with van der Waals surface area (Å²) in [5.74, 6) is 3.45. The zero-order valence-electron chi connectivity index (χ0n) is 31.3. The van der Waals surface area contributed by atoms with Gasteiger partial charge in [0.05, 0.1) is 24.8 Å². The average molecular weight is 714 g/mol. The summed E-state index contributed by atoms with van der Waals surface area (Å²) in [6, 6.07) is 46.3. The number of para-hydroxylation sites is 3. The molecule has 6 aromatic rings. The molecular formula is C49H47NO4. The molecule has 0 saturated carbocycles. The molecule has 0 aliphatic heterocycles. The van der Waals surface area contributed by atoms with E-state index in [2.05, 4.69) is 98.8 Å². The standard InChI is InChI=1S/C49H47NO4/c1-3-24-51-46-38-18-11-22-42(46)30-44-26-37(32-50)27-45(49(44)54-34-36-16-9-6-10-17-36)31-43-23-12-19-39(47(43)52-25-4-2)29-41-21-13-20-40(28-38)48(41)53-33-35-14-7-5-8-15-35/h5-23,26-27H,3-4,24-25,28-31,33-34H2,1-2H3. The Hall–Kier alpha value is -5.99. The monoisotopic (exact) mass is 713 g/mol. The molecule has 0 fully saturated rings. The van der Waals surface area contributed by atoms with E-state index >= 15 is 0 Å². The van der Waals surface area contributed by atoms with Gasteiger partial charge in [-0.15, -0.1) is 0 Å².